The number of rotatable bonds is 1. The molecule has 1 aromatic heterocycles. The Morgan fingerprint density at radius 3 is 2.30 bits per heavy atom. The molecule has 0 spiro atoms. The Morgan fingerprint density at radius 2 is 1.80 bits per heavy atom. The van der Waals surface area contributed by atoms with Crippen molar-refractivity contribution >= 4 is 0 Å². The molecular weight excluding hydrogens is 126 g/mol. The van der Waals surface area contributed by atoms with Crippen LogP contribution in [-0.4, -0.2) is 15.4 Å². The second-order valence-electron chi connectivity index (χ2n) is 2.06. The Labute approximate surface area is 58.1 Å². The quantitative estimate of drug-likeness (QED) is 0.606. The molecule has 3 heteroatoms. The van der Waals surface area contributed by atoms with Crippen molar-refractivity contribution in [1.82, 2.24) is 15.4 Å². The third-order valence-corrected chi connectivity index (χ3v) is 1.39. The van der Waals surface area contributed by atoms with Crippen molar-refractivity contribution in [2.75, 3.05) is 0 Å². The molecule has 10 heavy (non-hydrogen) atoms. The summed E-state index contributed by atoms with van der Waals surface area (Å²) < 4.78 is 0. The van der Waals surface area contributed by atoms with Gasteiger partial charge in [0.1, 0.15) is 0 Å². The number of hydrogen-bond acceptors (Lipinski definition) is 1. The van der Waals surface area contributed by atoms with Crippen LogP contribution in [-0.2, 0) is 0 Å². The van der Waals surface area contributed by atoms with Crippen molar-refractivity contribution in [3.63, 3.8) is 0 Å². The van der Waals surface area contributed by atoms with E-state index in [1.54, 1.807) is 0 Å². The molecule has 2 aromatic rings. The number of aromatic nitrogens is 3. The third kappa shape index (κ3) is 0.719. The van der Waals surface area contributed by atoms with Gasteiger partial charge in [0.15, 0.2) is 5.82 Å². The molecule has 0 atom stereocenters. The Kier molecular flexibility index (Phi) is 1.07. The molecule has 1 aromatic carbocycles. The van der Waals surface area contributed by atoms with Crippen LogP contribution in [0.4, 0.5) is 0 Å². The van der Waals surface area contributed by atoms with E-state index in [4.69, 9.17) is 0 Å². The highest BCUT2D eigenvalue weighted by Crippen LogP contribution is 2.11. The van der Waals surface area contributed by atoms with E-state index in [-0.39, 0.29) is 0 Å². The van der Waals surface area contributed by atoms with E-state index in [9.17, 15) is 0 Å². The second kappa shape index (κ2) is 2.02. The molecule has 0 aliphatic heterocycles. The van der Waals surface area contributed by atoms with Crippen LogP contribution in [0.25, 0.3) is 11.4 Å². The summed E-state index contributed by atoms with van der Waals surface area (Å²) in [6, 6.07) is 9.96. The van der Waals surface area contributed by atoms with Crippen molar-refractivity contribution in [3.8, 4) is 11.4 Å². The van der Waals surface area contributed by atoms with Crippen molar-refractivity contribution in [2.45, 2.75) is 0 Å². The summed E-state index contributed by atoms with van der Waals surface area (Å²) in [5.74, 6) is 0.903. The normalized spacial score (nSPS) is 10.0. The number of hydrogen-bond donors (Lipinski definition) is 2. The van der Waals surface area contributed by atoms with Gasteiger partial charge in [-0.2, -0.15) is 0 Å². The predicted octanol–water partition coefficient (Wildman–Crippen LogP) is 1.40. The first kappa shape index (κ1) is 5.29. The molecule has 0 amide bonds. The van der Waals surface area contributed by atoms with Crippen LogP contribution in [0.3, 0.4) is 0 Å². The zero-order valence-corrected chi connectivity index (χ0v) is 5.33. The molecule has 0 unspecified atom stereocenters. The Bertz CT molecular complexity index is 284. The summed E-state index contributed by atoms with van der Waals surface area (Å²) in [6.07, 6.45) is 0. The average molecular weight is 133 g/mol. The number of benzene rings is 1. The fourth-order valence-corrected chi connectivity index (χ4v) is 0.845. The molecule has 0 aliphatic carbocycles. The molecule has 0 radical (unpaired) electrons. The van der Waals surface area contributed by atoms with Gasteiger partial charge in [-0.1, -0.05) is 30.3 Å². The third-order valence-electron chi connectivity index (χ3n) is 1.39. The Balaban J connectivity index is 2.42. The van der Waals surface area contributed by atoms with E-state index in [1.165, 1.54) is 0 Å². The summed E-state index contributed by atoms with van der Waals surface area (Å²) in [6.45, 7) is 0. The van der Waals surface area contributed by atoms with Crippen LogP contribution in [0, 0.1) is 0 Å². The maximum atomic E-state index is 3.89. The SMILES string of the molecule is c1ccc(-c2n[nH][nH]2)cc1. The lowest BCUT2D eigenvalue weighted by atomic mass is 10.2. The Hall–Kier alpha value is -1.51. The van der Waals surface area contributed by atoms with Gasteiger partial charge in [0.25, 0.3) is 0 Å². The van der Waals surface area contributed by atoms with Gasteiger partial charge in [0, 0.05) is 5.56 Å². The zero-order valence-electron chi connectivity index (χ0n) is 5.33. The highest BCUT2D eigenvalue weighted by atomic mass is 15.4. The monoisotopic (exact) mass is 133 g/mol. The minimum atomic E-state index is 0.903. The summed E-state index contributed by atoms with van der Waals surface area (Å²) in [7, 11) is 0. The number of aromatic amines is 2. The topological polar surface area (TPSA) is 44.5 Å². The summed E-state index contributed by atoms with van der Waals surface area (Å²) >= 11 is 0. The van der Waals surface area contributed by atoms with E-state index in [1.807, 2.05) is 30.3 Å². The van der Waals surface area contributed by atoms with Crippen LogP contribution in [0.5, 0.6) is 0 Å². The van der Waals surface area contributed by atoms with Gasteiger partial charge in [-0.3, -0.25) is 5.10 Å². The van der Waals surface area contributed by atoms with Crippen LogP contribution in [0.1, 0.15) is 0 Å². The van der Waals surface area contributed by atoms with E-state index in [0.717, 1.165) is 11.4 Å². The maximum absolute atomic E-state index is 3.89. The van der Waals surface area contributed by atoms with E-state index >= 15 is 0 Å². The minimum absolute atomic E-state index is 0.903. The van der Waals surface area contributed by atoms with E-state index < -0.39 is 0 Å². The lowest BCUT2D eigenvalue weighted by Gasteiger charge is -2.00. The lowest BCUT2D eigenvalue weighted by molar-refractivity contribution is 0.779. The fourth-order valence-electron chi connectivity index (χ4n) is 0.845. The molecule has 50 valence electrons. The van der Waals surface area contributed by atoms with Gasteiger partial charge in [0.05, 0.1) is 0 Å². The largest absolute Gasteiger partial charge is 0.266 e. The number of nitrogens with zero attached hydrogens (tertiary/aromatic N) is 1. The molecule has 1 heterocycles. The first-order valence-electron chi connectivity index (χ1n) is 3.11. The van der Waals surface area contributed by atoms with Gasteiger partial charge >= 0.3 is 0 Å². The molecule has 0 bridgehead atoms. The lowest BCUT2D eigenvalue weighted by Crippen LogP contribution is -1.98. The van der Waals surface area contributed by atoms with Crippen molar-refractivity contribution in [2.24, 2.45) is 0 Å². The molecule has 0 aliphatic rings. The molecule has 0 saturated carbocycles. The standard InChI is InChI=1S/C7H7N3/c1-2-4-6(5-3-1)7-8-10-9-7/h1-5,10H,(H,8,9). The highest BCUT2D eigenvalue weighted by molar-refractivity contribution is 5.53. The minimum Gasteiger partial charge on any atom is -0.266 e. The van der Waals surface area contributed by atoms with E-state index in [2.05, 4.69) is 15.4 Å². The average Bonchev–Trinajstić information content (AvgIpc) is 1.86. The van der Waals surface area contributed by atoms with Gasteiger partial charge in [-0.15, -0.1) is 5.10 Å². The first-order chi connectivity index (χ1) is 4.97. The summed E-state index contributed by atoms with van der Waals surface area (Å²) in [4.78, 5) is 0. The maximum Gasteiger partial charge on any atom is 0.174 e. The van der Waals surface area contributed by atoms with Gasteiger partial charge in [0.2, 0.25) is 0 Å². The predicted molar refractivity (Wildman–Crippen MR) is 38.4 cm³/mol. The van der Waals surface area contributed by atoms with Crippen molar-refractivity contribution in [1.29, 1.82) is 0 Å². The van der Waals surface area contributed by atoms with Crippen molar-refractivity contribution in [3.05, 3.63) is 30.3 Å². The molecule has 0 saturated heterocycles. The summed E-state index contributed by atoms with van der Waals surface area (Å²) in [5.41, 5.74) is 1.11. The molecular formula is C7H7N3. The van der Waals surface area contributed by atoms with Crippen LogP contribution >= 0.6 is 0 Å². The fraction of sp³-hybridized carbons (Fsp3) is 0. The molecule has 2 N–H and O–H groups in total. The first-order valence-corrected chi connectivity index (χ1v) is 3.11. The zero-order chi connectivity index (χ0) is 6.81. The number of H-pyrrole nitrogens is 2. The van der Waals surface area contributed by atoms with E-state index in [0.29, 0.717) is 0 Å². The molecule has 3 nitrogen and oxygen atoms in total. The van der Waals surface area contributed by atoms with Gasteiger partial charge < -0.3 is 0 Å². The Morgan fingerprint density at radius 1 is 1.10 bits per heavy atom. The van der Waals surface area contributed by atoms with Crippen LogP contribution in [0.15, 0.2) is 30.3 Å². The summed E-state index contributed by atoms with van der Waals surface area (Å²) in [5, 5.41) is 9.35. The van der Waals surface area contributed by atoms with Gasteiger partial charge in [-0.05, 0) is 0 Å². The number of nitrogens with one attached hydrogen (secondary N) is 2. The molecule has 2 rings (SSSR count). The van der Waals surface area contributed by atoms with Crippen LogP contribution < -0.4 is 0 Å². The molecule has 0 fully saturated rings. The van der Waals surface area contributed by atoms with Gasteiger partial charge in [-0.25, -0.2) is 5.21 Å². The highest BCUT2D eigenvalue weighted by Gasteiger charge is 1.97. The second-order valence-corrected chi connectivity index (χ2v) is 2.06. The van der Waals surface area contributed by atoms with Crippen molar-refractivity contribution < 1.29 is 0 Å². The smallest absolute Gasteiger partial charge is 0.174 e. The van der Waals surface area contributed by atoms with Crippen LogP contribution in [0.2, 0.25) is 0 Å².